The van der Waals surface area contributed by atoms with Crippen molar-refractivity contribution in [3.8, 4) is 0 Å². The molecule has 1 nitrogen and oxygen atoms in total. The summed E-state index contributed by atoms with van der Waals surface area (Å²) in [7, 11) is 0. The zero-order valence-corrected chi connectivity index (χ0v) is 13.7. The minimum absolute atomic E-state index is 0.175. The van der Waals surface area contributed by atoms with Crippen molar-refractivity contribution in [3.05, 3.63) is 60.2 Å². The third-order valence-corrected chi connectivity index (χ3v) is 6.28. The normalized spacial score (nSPS) is 30.5. The number of hydrogen-bond donors (Lipinski definition) is 0. The SMILES string of the molecule is CC12CCCCCC1(C)N(c1ccccc1)c1ccccc12. The van der Waals surface area contributed by atoms with E-state index >= 15 is 0 Å². The molecule has 1 fully saturated rings. The predicted molar refractivity (Wildman–Crippen MR) is 93.9 cm³/mol. The predicted octanol–water partition coefficient (Wildman–Crippen LogP) is 5.82. The number of benzene rings is 2. The Hall–Kier alpha value is -1.76. The molecule has 2 unspecified atom stereocenters. The summed E-state index contributed by atoms with van der Waals surface area (Å²) in [6.45, 7) is 4.99. The second-order valence-corrected chi connectivity index (χ2v) is 7.35. The molecule has 0 bridgehead atoms. The Labute approximate surface area is 134 Å². The molecular weight excluding hydrogens is 266 g/mol. The maximum Gasteiger partial charge on any atom is 0.0517 e. The van der Waals surface area contributed by atoms with Crippen LogP contribution in [0.3, 0.4) is 0 Å². The number of hydrogen-bond acceptors (Lipinski definition) is 1. The Bertz CT molecular complexity index is 677. The standard InChI is InChI=1S/C21H25N/c1-20-15-9-4-10-16-21(20,2)22(17-11-5-3-6-12-17)19-14-8-7-13-18(19)20/h3,5-8,11-14H,4,9-10,15-16H2,1-2H3. The van der Waals surface area contributed by atoms with E-state index in [0.29, 0.717) is 0 Å². The molecule has 0 amide bonds. The molecule has 2 aliphatic rings. The summed E-state index contributed by atoms with van der Waals surface area (Å²) in [4.78, 5) is 2.63. The van der Waals surface area contributed by atoms with Crippen LogP contribution in [0.5, 0.6) is 0 Å². The van der Waals surface area contributed by atoms with Crippen molar-refractivity contribution < 1.29 is 0 Å². The van der Waals surface area contributed by atoms with Crippen molar-refractivity contribution in [2.24, 2.45) is 0 Å². The summed E-state index contributed by atoms with van der Waals surface area (Å²) >= 11 is 0. The van der Waals surface area contributed by atoms with Crippen molar-refractivity contribution in [1.29, 1.82) is 0 Å². The fraction of sp³-hybridized carbons (Fsp3) is 0.429. The van der Waals surface area contributed by atoms with Gasteiger partial charge in [0.05, 0.1) is 5.54 Å². The lowest BCUT2D eigenvalue weighted by atomic mass is 9.66. The lowest BCUT2D eigenvalue weighted by molar-refractivity contribution is 0.261. The van der Waals surface area contributed by atoms with Crippen LogP contribution in [0.1, 0.15) is 51.5 Å². The Balaban J connectivity index is 1.97. The molecule has 0 saturated heterocycles. The first-order chi connectivity index (χ1) is 10.7. The van der Waals surface area contributed by atoms with Gasteiger partial charge in [-0.25, -0.2) is 0 Å². The van der Waals surface area contributed by atoms with Gasteiger partial charge in [0.25, 0.3) is 0 Å². The van der Waals surface area contributed by atoms with Gasteiger partial charge in [-0.1, -0.05) is 62.6 Å². The van der Waals surface area contributed by atoms with Crippen LogP contribution < -0.4 is 4.90 Å². The highest BCUT2D eigenvalue weighted by Crippen LogP contribution is 2.59. The molecular formula is C21H25N. The van der Waals surface area contributed by atoms with Crippen molar-refractivity contribution >= 4 is 11.4 Å². The number of nitrogens with zero attached hydrogens (tertiary/aromatic N) is 1. The molecule has 2 aromatic rings. The van der Waals surface area contributed by atoms with Crippen LogP contribution in [0.4, 0.5) is 11.4 Å². The van der Waals surface area contributed by atoms with E-state index in [1.165, 1.54) is 43.5 Å². The first-order valence-electron chi connectivity index (χ1n) is 8.62. The van der Waals surface area contributed by atoms with Crippen molar-refractivity contribution in [1.82, 2.24) is 0 Å². The average Bonchev–Trinajstić information content (AvgIpc) is 2.63. The van der Waals surface area contributed by atoms with Crippen LogP contribution in [0.25, 0.3) is 0 Å². The summed E-state index contributed by atoms with van der Waals surface area (Å²) in [5.41, 5.74) is 4.72. The number of anilines is 2. The van der Waals surface area contributed by atoms with Gasteiger partial charge in [0.2, 0.25) is 0 Å². The molecule has 1 aliphatic carbocycles. The summed E-state index contributed by atoms with van der Waals surface area (Å²) in [5, 5.41) is 0. The summed E-state index contributed by atoms with van der Waals surface area (Å²) in [6, 6.07) is 20.0. The number of para-hydroxylation sites is 2. The Morgan fingerprint density at radius 2 is 1.45 bits per heavy atom. The van der Waals surface area contributed by atoms with Gasteiger partial charge < -0.3 is 4.90 Å². The minimum Gasteiger partial charge on any atom is -0.334 e. The monoisotopic (exact) mass is 291 g/mol. The van der Waals surface area contributed by atoms with E-state index in [-0.39, 0.29) is 11.0 Å². The maximum atomic E-state index is 2.63. The van der Waals surface area contributed by atoms with Crippen LogP contribution in [0.15, 0.2) is 54.6 Å². The molecule has 0 aromatic heterocycles. The van der Waals surface area contributed by atoms with Gasteiger partial charge in [-0.2, -0.15) is 0 Å². The highest BCUT2D eigenvalue weighted by atomic mass is 15.2. The summed E-state index contributed by atoms with van der Waals surface area (Å²) in [5.74, 6) is 0. The fourth-order valence-electron chi connectivity index (χ4n) is 4.86. The second kappa shape index (κ2) is 4.87. The van der Waals surface area contributed by atoms with Gasteiger partial charge in [-0.15, -0.1) is 0 Å². The molecule has 22 heavy (non-hydrogen) atoms. The van der Waals surface area contributed by atoms with E-state index in [4.69, 9.17) is 0 Å². The molecule has 1 heterocycles. The van der Waals surface area contributed by atoms with Gasteiger partial charge in [0.15, 0.2) is 0 Å². The lowest BCUT2D eigenvalue weighted by Crippen LogP contribution is -2.52. The van der Waals surface area contributed by atoms with E-state index in [0.717, 1.165) is 0 Å². The topological polar surface area (TPSA) is 3.24 Å². The summed E-state index contributed by atoms with van der Waals surface area (Å²) in [6.07, 6.45) is 6.62. The molecule has 0 N–H and O–H groups in total. The Morgan fingerprint density at radius 3 is 2.27 bits per heavy atom. The smallest absolute Gasteiger partial charge is 0.0517 e. The quantitative estimate of drug-likeness (QED) is 0.640. The van der Waals surface area contributed by atoms with Crippen LogP contribution in [0, 0.1) is 0 Å². The van der Waals surface area contributed by atoms with E-state index < -0.39 is 0 Å². The van der Waals surface area contributed by atoms with Gasteiger partial charge in [0.1, 0.15) is 0 Å². The van der Waals surface area contributed by atoms with Crippen LogP contribution in [-0.2, 0) is 5.41 Å². The molecule has 1 heteroatoms. The highest BCUT2D eigenvalue weighted by Gasteiger charge is 2.56. The van der Waals surface area contributed by atoms with Crippen LogP contribution in [-0.4, -0.2) is 5.54 Å². The van der Waals surface area contributed by atoms with Crippen LogP contribution >= 0.6 is 0 Å². The van der Waals surface area contributed by atoms with E-state index in [1.807, 2.05) is 0 Å². The van der Waals surface area contributed by atoms with E-state index in [1.54, 1.807) is 5.56 Å². The van der Waals surface area contributed by atoms with Gasteiger partial charge >= 0.3 is 0 Å². The third kappa shape index (κ3) is 1.71. The Kier molecular flexibility index (Phi) is 3.07. The van der Waals surface area contributed by atoms with E-state index in [2.05, 4.69) is 73.3 Å². The molecule has 114 valence electrons. The van der Waals surface area contributed by atoms with Gasteiger partial charge in [-0.3, -0.25) is 0 Å². The molecule has 4 rings (SSSR count). The van der Waals surface area contributed by atoms with Gasteiger partial charge in [0, 0.05) is 16.8 Å². The first-order valence-corrected chi connectivity index (χ1v) is 8.62. The zero-order valence-electron chi connectivity index (χ0n) is 13.7. The highest BCUT2D eigenvalue weighted by molar-refractivity contribution is 5.76. The third-order valence-electron chi connectivity index (χ3n) is 6.28. The molecule has 0 spiro atoms. The van der Waals surface area contributed by atoms with Crippen molar-refractivity contribution in [2.45, 2.75) is 56.9 Å². The molecule has 0 radical (unpaired) electrons. The lowest BCUT2D eigenvalue weighted by Gasteiger charge is -2.46. The van der Waals surface area contributed by atoms with Crippen molar-refractivity contribution in [3.63, 3.8) is 0 Å². The van der Waals surface area contributed by atoms with E-state index in [9.17, 15) is 0 Å². The molecule has 2 aromatic carbocycles. The summed E-state index contributed by atoms with van der Waals surface area (Å²) < 4.78 is 0. The van der Waals surface area contributed by atoms with Gasteiger partial charge in [-0.05, 0) is 43.5 Å². The van der Waals surface area contributed by atoms with Crippen LogP contribution in [0.2, 0.25) is 0 Å². The maximum absolute atomic E-state index is 2.63. The van der Waals surface area contributed by atoms with Crippen molar-refractivity contribution in [2.75, 3.05) is 4.90 Å². The first kappa shape index (κ1) is 13.9. The second-order valence-electron chi connectivity index (χ2n) is 7.35. The number of fused-ring (bicyclic) bond motifs is 3. The largest absolute Gasteiger partial charge is 0.334 e. The zero-order chi connectivity index (χ0) is 15.2. The fourth-order valence-corrected chi connectivity index (χ4v) is 4.86. The molecule has 2 atom stereocenters. The number of rotatable bonds is 1. The molecule has 1 aliphatic heterocycles. The average molecular weight is 291 g/mol. The molecule has 1 saturated carbocycles. The Morgan fingerprint density at radius 1 is 0.773 bits per heavy atom. The minimum atomic E-state index is 0.175.